The molecule has 154 valence electrons. The van der Waals surface area contributed by atoms with Crippen LogP contribution in [-0.2, 0) is 19.8 Å². The van der Waals surface area contributed by atoms with Gasteiger partial charge in [-0.05, 0) is 30.5 Å². The Balaban J connectivity index is 2.00. The van der Waals surface area contributed by atoms with Crippen LogP contribution in [0, 0.1) is 5.82 Å². The summed E-state index contributed by atoms with van der Waals surface area (Å²) in [5, 5.41) is 0. The van der Waals surface area contributed by atoms with Crippen LogP contribution < -0.4 is 0 Å². The smallest absolute Gasteiger partial charge is 0.241 e. The summed E-state index contributed by atoms with van der Waals surface area (Å²) in [4.78, 5) is 42.4. The van der Waals surface area contributed by atoms with E-state index in [2.05, 4.69) is 13.2 Å². The van der Waals surface area contributed by atoms with Crippen LogP contribution in [0.25, 0.3) is 0 Å². The fraction of sp³-hybridized carbons (Fsp3) is 0.435. The fourth-order valence-corrected chi connectivity index (χ4v) is 4.51. The second kappa shape index (κ2) is 8.72. The predicted molar refractivity (Wildman–Crippen MR) is 108 cm³/mol. The van der Waals surface area contributed by atoms with E-state index in [1.165, 1.54) is 28.0 Å². The van der Waals surface area contributed by atoms with Gasteiger partial charge in [-0.15, -0.1) is 13.2 Å². The molecule has 0 unspecified atom stereocenters. The van der Waals surface area contributed by atoms with Crippen LogP contribution in [0.3, 0.4) is 0 Å². The summed E-state index contributed by atoms with van der Waals surface area (Å²) in [6.07, 6.45) is 6.40. The molecule has 0 aromatic heterocycles. The second-order valence-corrected chi connectivity index (χ2v) is 7.83. The van der Waals surface area contributed by atoms with Gasteiger partial charge in [0.15, 0.2) is 0 Å². The summed E-state index contributed by atoms with van der Waals surface area (Å²) in [6.45, 7) is 7.94. The van der Waals surface area contributed by atoms with E-state index in [9.17, 15) is 18.8 Å². The lowest BCUT2D eigenvalue weighted by Gasteiger charge is -2.31. The second-order valence-electron chi connectivity index (χ2n) is 7.83. The van der Waals surface area contributed by atoms with Crippen molar-refractivity contribution in [2.75, 3.05) is 13.1 Å². The molecule has 0 bridgehead atoms. The molecule has 0 radical (unpaired) electrons. The van der Waals surface area contributed by atoms with E-state index < -0.39 is 11.2 Å². The molecular weight excluding hydrogens is 371 g/mol. The van der Waals surface area contributed by atoms with Gasteiger partial charge in [0.25, 0.3) is 0 Å². The SMILES string of the molecule is C=CCN(CC=C)C(=O)C[C@@]1(c2cccc(F)c2)CC(=O)N(C2CCCC2)C1=O. The van der Waals surface area contributed by atoms with Crippen molar-refractivity contribution < 1.29 is 18.8 Å². The lowest BCUT2D eigenvalue weighted by molar-refractivity contribution is -0.144. The van der Waals surface area contributed by atoms with Crippen LogP contribution in [0.4, 0.5) is 4.39 Å². The highest BCUT2D eigenvalue weighted by molar-refractivity contribution is 6.11. The zero-order valence-corrected chi connectivity index (χ0v) is 16.6. The van der Waals surface area contributed by atoms with Gasteiger partial charge < -0.3 is 4.90 Å². The van der Waals surface area contributed by atoms with Gasteiger partial charge in [0.2, 0.25) is 17.7 Å². The number of amides is 3. The Morgan fingerprint density at radius 1 is 1.21 bits per heavy atom. The zero-order valence-electron chi connectivity index (χ0n) is 16.6. The first-order chi connectivity index (χ1) is 13.9. The lowest BCUT2D eigenvalue weighted by Crippen LogP contribution is -2.46. The Hall–Kier alpha value is -2.76. The van der Waals surface area contributed by atoms with Crippen molar-refractivity contribution in [2.24, 2.45) is 0 Å². The third kappa shape index (κ3) is 4.02. The van der Waals surface area contributed by atoms with Gasteiger partial charge in [-0.2, -0.15) is 0 Å². The number of carbonyl (C=O) groups excluding carboxylic acids is 3. The highest BCUT2D eigenvalue weighted by Gasteiger charge is 2.55. The molecule has 1 aliphatic heterocycles. The summed E-state index contributed by atoms with van der Waals surface area (Å²) in [6, 6.07) is 5.57. The number of halogens is 1. The van der Waals surface area contributed by atoms with Gasteiger partial charge in [-0.1, -0.05) is 37.1 Å². The van der Waals surface area contributed by atoms with Crippen molar-refractivity contribution in [1.29, 1.82) is 0 Å². The number of benzene rings is 1. The molecule has 5 nitrogen and oxygen atoms in total. The Kier molecular flexibility index (Phi) is 6.30. The number of nitrogens with zero attached hydrogens (tertiary/aromatic N) is 2. The molecule has 2 aliphatic rings. The molecule has 0 N–H and O–H groups in total. The molecule has 1 heterocycles. The number of carbonyl (C=O) groups is 3. The first-order valence-electron chi connectivity index (χ1n) is 10.0. The molecule has 3 amide bonds. The molecule has 3 rings (SSSR count). The number of rotatable bonds is 8. The minimum Gasteiger partial charge on any atom is -0.335 e. The molecule has 29 heavy (non-hydrogen) atoms. The highest BCUT2D eigenvalue weighted by Crippen LogP contribution is 2.43. The minimum absolute atomic E-state index is 0.118. The topological polar surface area (TPSA) is 57.7 Å². The van der Waals surface area contributed by atoms with Crippen molar-refractivity contribution in [2.45, 2.75) is 50.0 Å². The molecule has 6 heteroatoms. The number of likely N-dealkylation sites (tertiary alicyclic amines) is 1. The molecule has 2 fully saturated rings. The van der Waals surface area contributed by atoms with E-state index in [0.29, 0.717) is 18.7 Å². The Bertz CT molecular complexity index is 821. The van der Waals surface area contributed by atoms with Gasteiger partial charge in [0.1, 0.15) is 5.82 Å². The van der Waals surface area contributed by atoms with Gasteiger partial charge in [-0.25, -0.2) is 4.39 Å². The Morgan fingerprint density at radius 2 is 1.86 bits per heavy atom. The molecular formula is C23H27FN2O3. The van der Waals surface area contributed by atoms with E-state index in [4.69, 9.17) is 0 Å². The molecule has 1 aromatic carbocycles. The van der Waals surface area contributed by atoms with Crippen molar-refractivity contribution in [1.82, 2.24) is 9.80 Å². The van der Waals surface area contributed by atoms with Gasteiger partial charge >= 0.3 is 0 Å². The van der Waals surface area contributed by atoms with E-state index in [0.717, 1.165) is 25.7 Å². The highest BCUT2D eigenvalue weighted by atomic mass is 19.1. The van der Waals surface area contributed by atoms with Crippen molar-refractivity contribution >= 4 is 17.7 Å². The van der Waals surface area contributed by atoms with E-state index in [1.807, 2.05) is 0 Å². The van der Waals surface area contributed by atoms with Gasteiger partial charge in [0.05, 0.1) is 5.41 Å². The molecule has 1 saturated carbocycles. The maximum Gasteiger partial charge on any atom is 0.241 e. The average Bonchev–Trinajstić information content (AvgIpc) is 3.28. The van der Waals surface area contributed by atoms with Crippen LogP contribution >= 0.6 is 0 Å². The van der Waals surface area contributed by atoms with Crippen molar-refractivity contribution in [3.63, 3.8) is 0 Å². The quantitative estimate of drug-likeness (QED) is 0.498. The first kappa shape index (κ1) is 21.0. The summed E-state index contributed by atoms with van der Waals surface area (Å²) in [5.41, 5.74) is -0.999. The van der Waals surface area contributed by atoms with Crippen LogP contribution in [-0.4, -0.2) is 46.7 Å². The van der Waals surface area contributed by atoms with Crippen LogP contribution in [0.15, 0.2) is 49.6 Å². The summed E-state index contributed by atoms with van der Waals surface area (Å²) >= 11 is 0. The zero-order chi connectivity index (χ0) is 21.0. The monoisotopic (exact) mass is 398 g/mol. The minimum atomic E-state index is -1.38. The van der Waals surface area contributed by atoms with Crippen LogP contribution in [0.5, 0.6) is 0 Å². The van der Waals surface area contributed by atoms with Crippen LogP contribution in [0.1, 0.15) is 44.1 Å². The Morgan fingerprint density at radius 3 is 2.45 bits per heavy atom. The average molecular weight is 398 g/mol. The first-order valence-corrected chi connectivity index (χ1v) is 10.0. The summed E-state index contributed by atoms with van der Waals surface area (Å²) < 4.78 is 14.0. The Labute approximate surface area is 170 Å². The molecule has 1 aromatic rings. The number of imide groups is 1. The van der Waals surface area contributed by atoms with Gasteiger partial charge in [-0.3, -0.25) is 19.3 Å². The van der Waals surface area contributed by atoms with Gasteiger partial charge in [0, 0.05) is 32.0 Å². The third-order valence-corrected chi connectivity index (χ3v) is 5.92. The maximum absolute atomic E-state index is 14.0. The number of hydrogen-bond donors (Lipinski definition) is 0. The normalized spacial score (nSPS) is 22.2. The van der Waals surface area contributed by atoms with E-state index in [1.54, 1.807) is 18.2 Å². The number of hydrogen-bond acceptors (Lipinski definition) is 3. The molecule has 1 saturated heterocycles. The van der Waals surface area contributed by atoms with E-state index >= 15 is 0 Å². The molecule has 0 spiro atoms. The molecule has 1 atom stereocenters. The van der Waals surface area contributed by atoms with Crippen LogP contribution in [0.2, 0.25) is 0 Å². The summed E-state index contributed by atoms with van der Waals surface area (Å²) in [7, 11) is 0. The van der Waals surface area contributed by atoms with Crippen molar-refractivity contribution in [3.8, 4) is 0 Å². The van der Waals surface area contributed by atoms with E-state index in [-0.39, 0.29) is 36.6 Å². The lowest BCUT2D eigenvalue weighted by atomic mass is 9.75. The fourth-order valence-electron chi connectivity index (χ4n) is 4.51. The molecule has 1 aliphatic carbocycles. The van der Waals surface area contributed by atoms with Crippen molar-refractivity contribution in [3.05, 3.63) is 61.0 Å². The third-order valence-electron chi connectivity index (χ3n) is 5.92. The summed E-state index contributed by atoms with van der Waals surface area (Å²) in [5.74, 6) is -1.45. The standard InChI is InChI=1S/C23H27FN2O3/c1-3-12-25(13-4-2)20(27)15-23(17-8-7-9-18(24)14-17)16-21(28)26(22(23)29)19-10-5-6-11-19/h3-4,7-9,14,19H,1-2,5-6,10-13,15-16H2/t23-/m0/s1. The largest absolute Gasteiger partial charge is 0.335 e. The maximum atomic E-state index is 14.0. The predicted octanol–water partition coefficient (Wildman–Crippen LogP) is 3.36.